The molecule has 0 aliphatic carbocycles. The van der Waals surface area contributed by atoms with E-state index in [9.17, 15) is 13.2 Å². The molecule has 1 aliphatic rings. The zero-order chi connectivity index (χ0) is 22.4. The van der Waals surface area contributed by atoms with Crippen molar-refractivity contribution in [3.05, 3.63) is 64.7 Å². The lowest BCUT2D eigenvalue weighted by Gasteiger charge is -2.16. The van der Waals surface area contributed by atoms with Crippen LogP contribution in [0, 0.1) is 6.92 Å². The van der Waals surface area contributed by atoms with Crippen LogP contribution in [0.5, 0.6) is 0 Å². The van der Waals surface area contributed by atoms with Crippen LogP contribution in [-0.4, -0.2) is 45.0 Å². The summed E-state index contributed by atoms with van der Waals surface area (Å²) in [5, 5.41) is 6.45. The Morgan fingerprint density at radius 1 is 1.09 bits per heavy atom. The minimum Gasteiger partial charge on any atom is -0.356 e. The maximum Gasteiger partial charge on any atom is 0.223 e. The quantitative estimate of drug-likeness (QED) is 0.231. The van der Waals surface area contributed by atoms with Crippen LogP contribution in [0.4, 0.5) is 0 Å². The fourth-order valence-corrected chi connectivity index (χ4v) is 4.72. The van der Waals surface area contributed by atoms with Gasteiger partial charge >= 0.3 is 0 Å². The summed E-state index contributed by atoms with van der Waals surface area (Å²) in [6.45, 7) is 4.35. The Hall–Kier alpha value is -2.14. The molecule has 0 radical (unpaired) electrons. The van der Waals surface area contributed by atoms with Crippen molar-refractivity contribution in [1.82, 2.24) is 15.5 Å². The number of nitrogens with zero attached hydrogens (tertiary/aromatic N) is 2. The van der Waals surface area contributed by atoms with Crippen molar-refractivity contribution in [2.75, 3.05) is 19.8 Å². The van der Waals surface area contributed by atoms with Gasteiger partial charge in [0, 0.05) is 45.9 Å². The van der Waals surface area contributed by atoms with Crippen LogP contribution in [0.3, 0.4) is 0 Å². The van der Waals surface area contributed by atoms with E-state index in [1.54, 1.807) is 26.1 Å². The Morgan fingerprint density at radius 3 is 2.31 bits per heavy atom. The van der Waals surface area contributed by atoms with Gasteiger partial charge in [-0.05, 0) is 41.7 Å². The van der Waals surface area contributed by atoms with E-state index >= 15 is 0 Å². The van der Waals surface area contributed by atoms with Gasteiger partial charge in [-0.25, -0.2) is 8.42 Å². The molecule has 7 nitrogen and oxygen atoms in total. The van der Waals surface area contributed by atoms with Crippen LogP contribution in [-0.2, 0) is 34.3 Å². The molecule has 32 heavy (non-hydrogen) atoms. The highest BCUT2D eigenvalue weighted by Crippen LogP contribution is 2.22. The molecule has 0 unspecified atom stereocenters. The number of aryl methyl sites for hydroxylation is 1. The number of carbonyl (C=O) groups excluding carboxylic acids is 1. The van der Waals surface area contributed by atoms with Crippen LogP contribution >= 0.6 is 24.0 Å². The number of hydrogen-bond donors (Lipinski definition) is 2. The van der Waals surface area contributed by atoms with E-state index in [4.69, 9.17) is 0 Å². The smallest absolute Gasteiger partial charge is 0.223 e. The number of hydrogen-bond acceptors (Lipinski definition) is 4. The van der Waals surface area contributed by atoms with E-state index < -0.39 is 9.84 Å². The third kappa shape index (κ3) is 6.93. The molecule has 0 spiro atoms. The minimum absolute atomic E-state index is 0. The first kappa shape index (κ1) is 26.1. The number of halogens is 1. The van der Waals surface area contributed by atoms with Crippen LogP contribution in [0.2, 0.25) is 0 Å². The van der Waals surface area contributed by atoms with Gasteiger partial charge in [0.2, 0.25) is 5.91 Å². The summed E-state index contributed by atoms with van der Waals surface area (Å²) in [6.07, 6.45) is 2.42. The summed E-state index contributed by atoms with van der Waals surface area (Å²) >= 11 is 0. The van der Waals surface area contributed by atoms with Crippen molar-refractivity contribution in [2.24, 2.45) is 4.99 Å². The molecule has 0 atom stereocenters. The average Bonchev–Trinajstić information content (AvgIpc) is 3.16. The standard InChI is InChI=1S/C23H30N4O3S.HI/c1-17-13-18(10-11-21(17)31(3,29)30)14-26-23(24-2)25-12-6-9-22(28)27-15-19-7-4-5-8-20(19)16-27;/h4-5,7-8,10-11,13H,6,9,12,14-16H2,1-3H3,(H2,24,25,26);1H. The van der Waals surface area contributed by atoms with E-state index in [1.165, 1.54) is 17.4 Å². The second-order valence-corrected chi connectivity index (χ2v) is 9.83. The zero-order valence-corrected chi connectivity index (χ0v) is 21.9. The lowest BCUT2D eigenvalue weighted by molar-refractivity contribution is -0.131. The van der Waals surface area contributed by atoms with Gasteiger partial charge in [0.05, 0.1) is 4.90 Å². The molecule has 2 aromatic carbocycles. The zero-order valence-electron chi connectivity index (χ0n) is 18.7. The predicted molar refractivity (Wildman–Crippen MR) is 138 cm³/mol. The van der Waals surface area contributed by atoms with Gasteiger partial charge in [0.1, 0.15) is 0 Å². The molecule has 0 saturated heterocycles. The Kier molecular flexibility index (Phi) is 9.50. The summed E-state index contributed by atoms with van der Waals surface area (Å²) in [7, 11) is -1.52. The minimum atomic E-state index is -3.22. The van der Waals surface area contributed by atoms with Gasteiger partial charge in [-0.15, -0.1) is 24.0 Å². The molecule has 2 aromatic rings. The molecule has 1 amide bonds. The first-order chi connectivity index (χ1) is 14.8. The monoisotopic (exact) mass is 570 g/mol. The number of amides is 1. The summed E-state index contributed by atoms with van der Waals surface area (Å²) in [5.41, 5.74) is 4.17. The van der Waals surface area contributed by atoms with Gasteiger partial charge in [-0.1, -0.05) is 36.4 Å². The van der Waals surface area contributed by atoms with Gasteiger partial charge in [0.15, 0.2) is 15.8 Å². The van der Waals surface area contributed by atoms with Crippen molar-refractivity contribution in [2.45, 2.75) is 44.3 Å². The first-order valence-corrected chi connectivity index (χ1v) is 12.3. The van der Waals surface area contributed by atoms with E-state index in [1.807, 2.05) is 23.1 Å². The lowest BCUT2D eigenvalue weighted by atomic mass is 10.1. The Balaban J connectivity index is 0.00000363. The summed E-state index contributed by atoms with van der Waals surface area (Å²) in [6, 6.07) is 13.5. The highest BCUT2D eigenvalue weighted by atomic mass is 127. The number of aliphatic imine (C=N–C) groups is 1. The average molecular weight is 570 g/mol. The van der Waals surface area contributed by atoms with Gasteiger partial charge in [0.25, 0.3) is 0 Å². The molecule has 0 bridgehead atoms. The number of nitrogens with one attached hydrogen (secondary N) is 2. The Bertz CT molecular complexity index is 1060. The largest absolute Gasteiger partial charge is 0.356 e. The molecule has 1 heterocycles. The molecule has 0 aromatic heterocycles. The molecule has 0 saturated carbocycles. The molecular formula is C23H31IN4O3S. The number of rotatable bonds is 7. The molecule has 2 N–H and O–H groups in total. The third-order valence-electron chi connectivity index (χ3n) is 5.38. The van der Waals surface area contributed by atoms with Crippen molar-refractivity contribution >= 4 is 45.7 Å². The number of carbonyl (C=O) groups is 1. The number of guanidine groups is 1. The van der Waals surface area contributed by atoms with E-state index in [0.29, 0.717) is 49.9 Å². The SMILES string of the molecule is CN=C(NCCCC(=O)N1Cc2ccccc2C1)NCc1ccc(S(C)(=O)=O)c(C)c1.I. The Morgan fingerprint density at radius 2 is 1.75 bits per heavy atom. The lowest BCUT2D eigenvalue weighted by Crippen LogP contribution is -2.37. The van der Waals surface area contributed by atoms with Gasteiger partial charge in [-0.3, -0.25) is 9.79 Å². The highest BCUT2D eigenvalue weighted by Gasteiger charge is 2.22. The van der Waals surface area contributed by atoms with Crippen LogP contribution in [0.25, 0.3) is 0 Å². The van der Waals surface area contributed by atoms with Crippen LogP contribution < -0.4 is 10.6 Å². The predicted octanol–water partition coefficient (Wildman–Crippen LogP) is 3.00. The second kappa shape index (κ2) is 11.6. The van der Waals surface area contributed by atoms with Crippen LogP contribution in [0.1, 0.15) is 35.1 Å². The summed E-state index contributed by atoms with van der Waals surface area (Å²) < 4.78 is 23.5. The van der Waals surface area contributed by atoms with Crippen LogP contribution in [0.15, 0.2) is 52.4 Å². The van der Waals surface area contributed by atoms with E-state index in [0.717, 1.165) is 11.1 Å². The fourth-order valence-electron chi connectivity index (χ4n) is 3.76. The number of sulfone groups is 1. The molecule has 1 aliphatic heterocycles. The van der Waals surface area contributed by atoms with E-state index in [-0.39, 0.29) is 29.9 Å². The molecular weight excluding hydrogens is 539 g/mol. The summed E-state index contributed by atoms with van der Waals surface area (Å²) in [4.78, 5) is 18.9. The van der Waals surface area contributed by atoms with Crippen molar-refractivity contribution in [1.29, 1.82) is 0 Å². The maximum atomic E-state index is 12.5. The van der Waals surface area contributed by atoms with E-state index in [2.05, 4.69) is 27.8 Å². The highest BCUT2D eigenvalue weighted by molar-refractivity contribution is 14.0. The number of fused-ring (bicyclic) bond motifs is 1. The summed E-state index contributed by atoms with van der Waals surface area (Å²) in [5.74, 6) is 0.813. The van der Waals surface area contributed by atoms with Crippen molar-refractivity contribution in [3.8, 4) is 0 Å². The van der Waals surface area contributed by atoms with Crippen molar-refractivity contribution in [3.63, 3.8) is 0 Å². The second-order valence-electron chi connectivity index (χ2n) is 7.85. The molecule has 3 rings (SSSR count). The first-order valence-electron chi connectivity index (χ1n) is 10.4. The third-order valence-corrected chi connectivity index (χ3v) is 6.63. The number of benzene rings is 2. The molecule has 9 heteroatoms. The van der Waals surface area contributed by atoms with Gasteiger partial charge < -0.3 is 15.5 Å². The fraction of sp³-hybridized carbons (Fsp3) is 0.391. The Labute approximate surface area is 207 Å². The molecule has 174 valence electrons. The van der Waals surface area contributed by atoms with Gasteiger partial charge in [-0.2, -0.15) is 0 Å². The topological polar surface area (TPSA) is 90.9 Å². The normalized spacial score (nSPS) is 13.3. The molecule has 0 fully saturated rings. The van der Waals surface area contributed by atoms with Crippen molar-refractivity contribution < 1.29 is 13.2 Å². The maximum absolute atomic E-state index is 12.5.